The fraction of sp³-hybridized carbons (Fsp3) is 0.364. The van der Waals surface area contributed by atoms with E-state index in [1.54, 1.807) is 13.8 Å². The Morgan fingerprint density at radius 3 is 2.47 bits per heavy atom. The highest BCUT2D eigenvalue weighted by Gasteiger charge is 2.30. The fourth-order valence-electron chi connectivity index (χ4n) is 1.56. The van der Waals surface area contributed by atoms with E-state index < -0.39 is 34.3 Å². The average Bonchev–Trinajstić information content (AvgIpc) is 2.28. The molecular weight excluding hydrogens is 273 g/mol. The van der Waals surface area contributed by atoms with Gasteiger partial charge in [0.1, 0.15) is 10.7 Å². The third-order valence-electron chi connectivity index (χ3n) is 2.45. The second kappa shape index (κ2) is 5.54. The Morgan fingerprint density at radius 1 is 1.42 bits per heavy atom. The molecule has 1 amide bonds. The zero-order chi connectivity index (χ0) is 14.8. The van der Waals surface area contributed by atoms with Crippen molar-refractivity contribution in [2.45, 2.75) is 24.8 Å². The van der Waals surface area contributed by atoms with Gasteiger partial charge in [-0.2, -0.15) is 4.31 Å². The van der Waals surface area contributed by atoms with Crippen LogP contribution >= 0.6 is 0 Å². The lowest BCUT2D eigenvalue weighted by Gasteiger charge is -2.25. The lowest BCUT2D eigenvalue weighted by atomic mass is 10.3. The summed E-state index contributed by atoms with van der Waals surface area (Å²) in [7, 11) is -4.08. The maximum absolute atomic E-state index is 13.2. The van der Waals surface area contributed by atoms with Crippen molar-refractivity contribution in [1.82, 2.24) is 4.31 Å². The third kappa shape index (κ3) is 3.42. The minimum atomic E-state index is -4.08. The number of carbonyl (C=O) groups excluding carboxylic acids is 1. The molecule has 0 saturated heterocycles. The van der Waals surface area contributed by atoms with Gasteiger partial charge in [-0.1, -0.05) is 0 Å². The number of sulfonamides is 1. The van der Waals surface area contributed by atoms with Gasteiger partial charge >= 0.3 is 0 Å². The Balaban J connectivity index is 3.34. The highest BCUT2D eigenvalue weighted by atomic mass is 32.2. The molecule has 4 N–H and O–H groups in total. The molecule has 106 valence electrons. The molecule has 0 bridgehead atoms. The topological polar surface area (TPSA) is 106 Å². The van der Waals surface area contributed by atoms with E-state index in [1.165, 1.54) is 0 Å². The summed E-state index contributed by atoms with van der Waals surface area (Å²) in [5.74, 6) is -1.53. The Morgan fingerprint density at radius 2 is 2.00 bits per heavy atom. The van der Waals surface area contributed by atoms with Crippen LogP contribution < -0.4 is 11.5 Å². The van der Waals surface area contributed by atoms with Crippen molar-refractivity contribution in [3.05, 3.63) is 24.0 Å². The number of primary amides is 1. The molecule has 0 saturated carbocycles. The van der Waals surface area contributed by atoms with E-state index in [9.17, 15) is 17.6 Å². The second-order valence-corrected chi connectivity index (χ2v) is 6.15. The molecule has 0 heterocycles. The molecule has 0 aliphatic heterocycles. The molecule has 1 aromatic rings. The lowest BCUT2D eigenvalue weighted by molar-refractivity contribution is -0.118. The smallest absolute Gasteiger partial charge is 0.245 e. The van der Waals surface area contributed by atoms with Crippen LogP contribution in [-0.2, 0) is 14.8 Å². The number of nitrogens with zero attached hydrogens (tertiary/aromatic N) is 1. The van der Waals surface area contributed by atoms with E-state index in [4.69, 9.17) is 11.5 Å². The molecule has 0 atom stereocenters. The largest absolute Gasteiger partial charge is 0.398 e. The molecule has 0 aliphatic carbocycles. The van der Waals surface area contributed by atoms with Crippen LogP contribution in [0, 0.1) is 5.82 Å². The molecular formula is C11H16FN3O3S. The first kappa shape index (κ1) is 15.4. The van der Waals surface area contributed by atoms with Gasteiger partial charge in [0.15, 0.2) is 0 Å². The summed E-state index contributed by atoms with van der Waals surface area (Å²) in [5, 5.41) is 0. The third-order valence-corrected chi connectivity index (χ3v) is 4.53. The Hall–Kier alpha value is -1.67. The van der Waals surface area contributed by atoms with Crippen LogP contribution in [0.15, 0.2) is 23.1 Å². The Bertz CT molecular complexity index is 587. The molecule has 0 fully saturated rings. The van der Waals surface area contributed by atoms with E-state index in [1.807, 2.05) is 0 Å². The summed E-state index contributed by atoms with van der Waals surface area (Å²) in [6.45, 7) is 2.67. The molecule has 19 heavy (non-hydrogen) atoms. The zero-order valence-corrected chi connectivity index (χ0v) is 11.4. The molecule has 0 unspecified atom stereocenters. The number of nitrogen functional groups attached to an aromatic ring is 1. The van der Waals surface area contributed by atoms with Crippen molar-refractivity contribution < 1.29 is 17.6 Å². The number of hydrogen-bond donors (Lipinski definition) is 2. The predicted octanol–water partition coefficient (Wildman–Crippen LogP) is 0.292. The summed E-state index contributed by atoms with van der Waals surface area (Å²) in [5.41, 5.74) is 10.5. The summed E-state index contributed by atoms with van der Waals surface area (Å²) >= 11 is 0. The number of carbonyl (C=O) groups is 1. The van der Waals surface area contributed by atoms with Crippen molar-refractivity contribution in [2.24, 2.45) is 5.73 Å². The first-order chi connectivity index (χ1) is 8.66. The molecule has 1 aromatic carbocycles. The van der Waals surface area contributed by atoms with Gasteiger partial charge in [-0.15, -0.1) is 0 Å². The van der Waals surface area contributed by atoms with Crippen LogP contribution in [0.2, 0.25) is 0 Å². The lowest BCUT2D eigenvalue weighted by Crippen LogP contribution is -2.42. The number of amides is 1. The summed E-state index contributed by atoms with van der Waals surface area (Å²) in [6.07, 6.45) is 0. The maximum Gasteiger partial charge on any atom is 0.245 e. The highest BCUT2D eigenvalue weighted by molar-refractivity contribution is 7.89. The Kier molecular flexibility index (Phi) is 4.48. The number of benzene rings is 1. The fourth-order valence-corrected chi connectivity index (χ4v) is 3.29. The van der Waals surface area contributed by atoms with Crippen LogP contribution in [0.4, 0.5) is 10.1 Å². The monoisotopic (exact) mass is 289 g/mol. The van der Waals surface area contributed by atoms with E-state index in [0.717, 1.165) is 22.5 Å². The summed E-state index contributed by atoms with van der Waals surface area (Å²) < 4.78 is 38.8. The molecule has 0 aliphatic rings. The first-order valence-corrected chi connectivity index (χ1v) is 6.95. The minimum absolute atomic E-state index is 0.0866. The maximum atomic E-state index is 13.2. The van der Waals surface area contributed by atoms with E-state index in [0.29, 0.717) is 0 Å². The highest BCUT2D eigenvalue weighted by Crippen LogP contribution is 2.24. The van der Waals surface area contributed by atoms with E-state index >= 15 is 0 Å². The van der Waals surface area contributed by atoms with Gasteiger partial charge in [-0.05, 0) is 32.0 Å². The van der Waals surface area contributed by atoms with Gasteiger partial charge in [0.2, 0.25) is 15.9 Å². The quantitative estimate of drug-likeness (QED) is 0.760. The van der Waals surface area contributed by atoms with E-state index in [2.05, 4.69) is 0 Å². The number of rotatable bonds is 5. The van der Waals surface area contributed by atoms with Crippen LogP contribution in [0.3, 0.4) is 0 Å². The minimum Gasteiger partial charge on any atom is -0.398 e. The molecule has 6 nitrogen and oxygen atoms in total. The zero-order valence-electron chi connectivity index (χ0n) is 10.6. The molecule has 0 aromatic heterocycles. The van der Waals surface area contributed by atoms with Crippen molar-refractivity contribution in [3.8, 4) is 0 Å². The first-order valence-electron chi connectivity index (χ1n) is 5.51. The van der Waals surface area contributed by atoms with Crippen molar-refractivity contribution in [3.63, 3.8) is 0 Å². The summed E-state index contributed by atoms with van der Waals surface area (Å²) in [4.78, 5) is 10.6. The summed E-state index contributed by atoms with van der Waals surface area (Å²) in [6, 6.07) is 2.52. The normalized spacial score (nSPS) is 12.1. The van der Waals surface area contributed by atoms with E-state index in [-0.39, 0.29) is 10.6 Å². The molecule has 8 heteroatoms. The molecule has 0 spiro atoms. The van der Waals surface area contributed by atoms with Gasteiger partial charge in [0.05, 0.1) is 12.2 Å². The van der Waals surface area contributed by atoms with Gasteiger partial charge in [-0.3, -0.25) is 4.79 Å². The predicted molar refractivity (Wildman–Crippen MR) is 69.0 cm³/mol. The van der Waals surface area contributed by atoms with Gasteiger partial charge < -0.3 is 11.5 Å². The molecule has 0 radical (unpaired) electrons. The average molecular weight is 289 g/mol. The Labute approximate surface area is 111 Å². The van der Waals surface area contributed by atoms with Crippen LogP contribution in [0.5, 0.6) is 0 Å². The second-order valence-electron chi connectivity index (χ2n) is 4.29. The van der Waals surface area contributed by atoms with Gasteiger partial charge in [-0.25, -0.2) is 12.8 Å². The number of nitrogens with two attached hydrogens (primary N) is 2. The van der Waals surface area contributed by atoms with Crippen LogP contribution in [0.1, 0.15) is 13.8 Å². The van der Waals surface area contributed by atoms with Crippen molar-refractivity contribution >= 4 is 21.6 Å². The van der Waals surface area contributed by atoms with Gasteiger partial charge in [0.25, 0.3) is 0 Å². The number of anilines is 1. The molecule has 1 rings (SSSR count). The van der Waals surface area contributed by atoms with Crippen molar-refractivity contribution in [1.29, 1.82) is 0 Å². The van der Waals surface area contributed by atoms with Crippen molar-refractivity contribution in [2.75, 3.05) is 12.3 Å². The van der Waals surface area contributed by atoms with Crippen LogP contribution in [0.25, 0.3) is 0 Å². The number of halogens is 1. The van der Waals surface area contributed by atoms with Gasteiger partial charge in [0, 0.05) is 6.04 Å². The SMILES string of the molecule is CC(C)N(CC(N)=O)S(=O)(=O)c1cc(F)ccc1N. The number of hydrogen-bond acceptors (Lipinski definition) is 4. The standard InChI is InChI=1S/C11H16FN3O3S/c1-7(2)15(6-11(14)16)19(17,18)10-5-8(12)3-4-9(10)13/h3-5,7H,6,13H2,1-2H3,(H2,14,16). The van der Waals surface area contributed by atoms with Crippen LogP contribution in [-0.4, -0.2) is 31.2 Å².